The maximum absolute atomic E-state index is 12.3. The van der Waals surface area contributed by atoms with Gasteiger partial charge in [0.1, 0.15) is 0 Å². The molecule has 0 fully saturated rings. The number of hydrogen-bond donors (Lipinski definition) is 3. The molecule has 1 amide bonds. The number of aliphatic hydroxyl groups is 2. The molecule has 0 aliphatic carbocycles. The predicted octanol–water partition coefficient (Wildman–Crippen LogP) is 11.1. The van der Waals surface area contributed by atoms with Gasteiger partial charge in [-0.3, -0.25) is 4.79 Å². The molecule has 3 N–H and O–H groups in total. The zero-order chi connectivity index (χ0) is 31.5. The molecule has 0 heterocycles. The zero-order valence-corrected chi connectivity index (χ0v) is 28.7. The van der Waals surface area contributed by atoms with Crippen molar-refractivity contribution in [2.75, 3.05) is 6.61 Å². The van der Waals surface area contributed by atoms with E-state index in [0.29, 0.717) is 6.42 Å². The highest BCUT2D eigenvalue weighted by Gasteiger charge is 2.17. The highest BCUT2D eigenvalue weighted by Crippen LogP contribution is 2.14. The molecule has 43 heavy (non-hydrogen) atoms. The van der Waals surface area contributed by atoms with Crippen molar-refractivity contribution in [3.63, 3.8) is 0 Å². The van der Waals surface area contributed by atoms with Crippen LogP contribution < -0.4 is 5.32 Å². The molecule has 0 aliphatic heterocycles. The van der Waals surface area contributed by atoms with Gasteiger partial charge in [-0.25, -0.2) is 0 Å². The van der Waals surface area contributed by atoms with Gasteiger partial charge >= 0.3 is 0 Å². The molecule has 0 spiro atoms. The Labute approximate surface area is 268 Å². The number of amides is 1. The summed E-state index contributed by atoms with van der Waals surface area (Å²) in [5.74, 6) is -0.0783. The number of carbonyl (C=O) groups is 1. The standard InChI is InChI=1S/C39H73NO3/c1-3-5-7-9-11-13-15-17-19-20-21-23-25-27-29-31-33-35-39(43)40-37(36-41)38(42)34-32-30-28-26-24-22-18-16-14-12-10-8-6-4-2/h14,16,24,26,32,34,37-38,41-42H,3-13,15,17-23,25,27-31,33,35-36H2,1-2H3,(H,40,43)/b16-14+,26-24+,34-32+. The largest absolute Gasteiger partial charge is 0.394 e. The summed E-state index contributed by atoms with van der Waals surface area (Å²) in [6.07, 6.45) is 45.1. The molecule has 4 nitrogen and oxygen atoms in total. The minimum absolute atomic E-state index is 0.0783. The lowest BCUT2D eigenvalue weighted by molar-refractivity contribution is -0.123. The van der Waals surface area contributed by atoms with Gasteiger partial charge in [-0.05, 0) is 44.9 Å². The van der Waals surface area contributed by atoms with Gasteiger partial charge < -0.3 is 15.5 Å². The number of unbranched alkanes of at least 4 members (excludes halogenated alkanes) is 22. The van der Waals surface area contributed by atoms with Crippen LogP contribution in [0.25, 0.3) is 0 Å². The van der Waals surface area contributed by atoms with Crippen molar-refractivity contribution in [1.82, 2.24) is 5.32 Å². The maximum atomic E-state index is 12.3. The van der Waals surface area contributed by atoms with Gasteiger partial charge in [0.2, 0.25) is 5.91 Å². The monoisotopic (exact) mass is 604 g/mol. The molecule has 0 aliphatic rings. The topological polar surface area (TPSA) is 69.6 Å². The lowest BCUT2D eigenvalue weighted by atomic mass is 10.0. The van der Waals surface area contributed by atoms with Gasteiger partial charge in [-0.2, -0.15) is 0 Å². The lowest BCUT2D eigenvalue weighted by Gasteiger charge is -2.19. The summed E-state index contributed by atoms with van der Waals surface area (Å²) < 4.78 is 0. The van der Waals surface area contributed by atoms with Crippen LogP contribution in [0.4, 0.5) is 0 Å². The van der Waals surface area contributed by atoms with Crippen LogP contribution >= 0.6 is 0 Å². The molecule has 2 atom stereocenters. The van der Waals surface area contributed by atoms with E-state index in [0.717, 1.165) is 38.5 Å². The molecule has 252 valence electrons. The molecule has 0 rings (SSSR count). The van der Waals surface area contributed by atoms with E-state index in [2.05, 4.69) is 43.5 Å². The average Bonchev–Trinajstić information content (AvgIpc) is 3.01. The van der Waals surface area contributed by atoms with Crippen LogP contribution in [0.1, 0.15) is 187 Å². The Hall–Kier alpha value is -1.39. The Morgan fingerprint density at radius 3 is 1.35 bits per heavy atom. The second-order valence-electron chi connectivity index (χ2n) is 12.6. The summed E-state index contributed by atoms with van der Waals surface area (Å²) in [5.41, 5.74) is 0. The third-order valence-corrected chi connectivity index (χ3v) is 8.35. The van der Waals surface area contributed by atoms with Gasteiger partial charge in [0.15, 0.2) is 0 Å². The fourth-order valence-electron chi connectivity index (χ4n) is 5.44. The van der Waals surface area contributed by atoms with Crippen molar-refractivity contribution in [3.8, 4) is 0 Å². The predicted molar refractivity (Wildman–Crippen MR) is 188 cm³/mol. The third kappa shape index (κ3) is 31.8. The van der Waals surface area contributed by atoms with E-state index in [4.69, 9.17) is 0 Å². The van der Waals surface area contributed by atoms with E-state index in [1.807, 2.05) is 6.08 Å². The van der Waals surface area contributed by atoms with Crippen molar-refractivity contribution < 1.29 is 15.0 Å². The first-order valence-corrected chi connectivity index (χ1v) is 18.7. The van der Waals surface area contributed by atoms with Crippen molar-refractivity contribution >= 4 is 5.91 Å². The molecule has 0 aromatic heterocycles. The van der Waals surface area contributed by atoms with E-state index >= 15 is 0 Å². The Morgan fingerprint density at radius 1 is 0.535 bits per heavy atom. The van der Waals surface area contributed by atoms with Crippen LogP contribution in [-0.4, -0.2) is 34.9 Å². The Balaban J connectivity index is 3.66. The van der Waals surface area contributed by atoms with E-state index < -0.39 is 12.1 Å². The smallest absolute Gasteiger partial charge is 0.220 e. The molecule has 0 saturated carbocycles. The van der Waals surface area contributed by atoms with Crippen LogP contribution in [0.5, 0.6) is 0 Å². The Morgan fingerprint density at radius 2 is 0.907 bits per heavy atom. The lowest BCUT2D eigenvalue weighted by Crippen LogP contribution is -2.45. The molecule has 0 bridgehead atoms. The van der Waals surface area contributed by atoms with Crippen LogP contribution in [0.2, 0.25) is 0 Å². The van der Waals surface area contributed by atoms with Crippen molar-refractivity contribution in [1.29, 1.82) is 0 Å². The van der Waals surface area contributed by atoms with E-state index in [1.54, 1.807) is 6.08 Å². The maximum Gasteiger partial charge on any atom is 0.220 e. The van der Waals surface area contributed by atoms with Gasteiger partial charge in [0.25, 0.3) is 0 Å². The summed E-state index contributed by atoms with van der Waals surface area (Å²) in [7, 11) is 0. The normalized spacial score (nSPS) is 13.5. The number of nitrogens with one attached hydrogen (secondary N) is 1. The summed E-state index contributed by atoms with van der Waals surface area (Å²) >= 11 is 0. The van der Waals surface area contributed by atoms with Gasteiger partial charge in [0, 0.05) is 6.42 Å². The first-order chi connectivity index (χ1) is 21.2. The van der Waals surface area contributed by atoms with Crippen molar-refractivity contribution in [2.45, 2.75) is 199 Å². The second-order valence-corrected chi connectivity index (χ2v) is 12.6. The van der Waals surface area contributed by atoms with Crippen LogP contribution in [0.15, 0.2) is 36.5 Å². The number of aliphatic hydroxyl groups excluding tert-OH is 2. The molecule has 4 heteroatoms. The molecule has 0 radical (unpaired) electrons. The highest BCUT2D eigenvalue weighted by atomic mass is 16.3. The Bertz CT molecular complexity index is 657. The van der Waals surface area contributed by atoms with E-state index in [-0.39, 0.29) is 12.5 Å². The summed E-state index contributed by atoms with van der Waals surface area (Å²) in [6, 6.07) is -0.640. The Kier molecular flexibility index (Phi) is 34.0. The van der Waals surface area contributed by atoms with Crippen LogP contribution in [0.3, 0.4) is 0 Å². The quantitative estimate of drug-likeness (QED) is 0.0516. The summed E-state index contributed by atoms with van der Waals surface area (Å²) in [6.45, 7) is 4.26. The number of hydrogen-bond acceptors (Lipinski definition) is 3. The molecular formula is C39H73NO3. The number of rotatable bonds is 33. The zero-order valence-electron chi connectivity index (χ0n) is 28.7. The first-order valence-electron chi connectivity index (χ1n) is 18.7. The molecule has 2 unspecified atom stereocenters. The highest BCUT2D eigenvalue weighted by molar-refractivity contribution is 5.76. The van der Waals surface area contributed by atoms with Crippen LogP contribution in [-0.2, 0) is 4.79 Å². The fraction of sp³-hybridized carbons (Fsp3) is 0.821. The second kappa shape index (κ2) is 35.1. The fourth-order valence-corrected chi connectivity index (χ4v) is 5.44. The number of allylic oxidation sites excluding steroid dienone is 5. The summed E-state index contributed by atoms with van der Waals surface area (Å²) in [4.78, 5) is 12.3. The van der Waals surface area contributed by atoms with E-state index in [9.17, 15) is 15.0 Å². The third-order valence-electron chi connectivity index (χ3n) is 8.35. The molecular weight excluding hydrogens is 530 g/mol. The van der Waals surface area contributed by atoms with Crippen molar-refractivity contribution in [3.05, 3.63) is 36.5 Å². The van der Waals surface area contributed by atoms with Gasteiger partial charge in [0.05, 0.1) is 18.8 Å². The SMILES string of the molecule is CCCCCC/C=C/CC/C=C/CC/C=C/C(O)C(CO)NC(=O)CCCCCCCCCCCCCCCCCCC. The van der Waals surface area contributed by atoms with E-state index in [1.165, 1.54) is 128 Å². The van der Waals surface area contributed by atoms with Crippen molar-refractivity contribution in [2.24, 2.45) is 0 Å². The van der Waals surface area contributed by atoms with Crippen LogP contribution in [0, 0.1) is 0 Å². The first kappa shape index (κ1) is 41.6. The van der Waals surface area contributed by atoms with Gasteiger partial charge in [-0.15, -0.1) is 0 Å². The van der Waals surface area contributed by atoms with Gasteiger partial charge in [-0.1, -0.05) is 172 Å². The summed E-state index contributed by atoms with van der Waals surface area (Å²) in [5, 5.41) is 22.8. The number of carbonyl (C=O) groups excluding carboxylic acids is 1. The molecule has 0 aromatic carbocycles. The minimum atomic E-state index is -0.865. The molecule has 0 saturated heterocycles. The average molecular weight is 604 g/mol. The minimum Gasteiger partial charge on any atom is -0.394 e. The molecule has 0 aromatic rings.